The van der Waals surface area contributed by atoms with Crippen LogP contribution in [0.5, 0.6) is 0 Å². The van der Waals surface area contributed by atoms with Gasteiger partial charge in [0, 0.05) is 19.5 Å². The largest absolute Gasteiger partial charge is 0.346 e. The first-order valence-electron chi connectivity index (χ1n) is 7.12. The predicted octanol–water partition coefficient (Wildman–Crippen LogP) is 2.29. The molecule has 19 heavy (non-hydrogen) atoms. The summed E-state index contributed by atoms with van der Waals surface area (Å²) in [6, 6.07) is 2.17. The predicted molar refractivity (Wildman–Crippen MR) is 76.2 cm³/mol. The van der Waals surface area contributed by atoms with Gasteiger partial charge in [-0.1, -0.05) is 20.8 Å². The van der Waals surface area contributed by atoms with E-state index in [2.05, 4.69) is 26.8 Å². The van der Waals surface area contributed by atoms with Crippen LogP contribution < -0.4 is 5.73 Å². The van der Waals surface area contributed by atoms with Crippen molar-refractivity contribution in [2.24, 2.45) is 17.1 Å². The molecule has 0 atom stereocenters. The average Bonchev–Trinajstić information content (AvgIpc) is 2.35. The lowest BCUT2D eigenvalue weighted by Crippen LogP contribution is -2.45. The highest BCUT2D eigenvalue weighted by Gasteiger charge is 2.35. The Hall–Kier alpha value is -1.08. The number of hydrogen-bond donors (Lipinski definition) is 1. The van der Waals surface area contributed by atoms with E-state index in [9.17, 15) is 4.79 Å². The molecule has 0 saturated heterocycles. The van der Waals surface area contributed by atoms with Gasteiger partial charge in [0.25, 0.3) is 0 Å². The molecular weight excluding hydrogens is 238 g/mol. The Kier molecular flexibility index (Phi) is 4.98. The van der Waals surface area contributed by atoms with Gasteiger partial charge < -0.3 is 10.6 Å². The van der Waals surface area contributed by atoms with Gasteiger partial charge in [0.05, 0.1) is 6.07 Å². The van der Waals surface area contributed by atoms with Gasteiger partial charge in [0.1, 0.15) is 5.54 Å². The van der Waals surface area contributed by atoms with Gasteiger partial charge in [0.2, 0.25) is 5.91 Å². The summed E-state index contributed by atoms with van der Waals surface area (Å²) in [7, 11) is 1.88. The van der Waals surface area contributed by atoms with Crippen LogP contribution in [0.2, 0.25) is 0 Å². The van der Waals surface area contributed by atoms with Gasteiger partial charge >= 0.3 is 0 Å². The fourth-order valence-electron chi connectivity index (χ4n) is 2.42. The number of nitrogens with two attached hydrogens (primary N) is 1. The van der Waals surface area contributed by atoms with E-state index in [1.807, 2.05) is 11.9 Å². The van der Waals surface area contributed by atoms with Gasteiger partial charge in [0.15, 0.2) is 0 Å². The normalized spacial score (nSPS) is 27.7. The first kappa shape index (κ1) is 16.0. The lowest BCUT2D eigenvalue weighted by Gasteiger charge is -2.33. The Labute approximate surface area is 116 Å². The molecular formula is C15H27N3O. The Morgan fingerprint density at radius 1 is 1.42 bits per heavy atom. The molecule has 1 saturated carbocycles. The van der Waals surface area contributed by atoms with Crippen molar-refractivity contribution in [3.8, 4) is 6.07 Å². The maximum Gasteiger partial charge on any atom is 0.225 e. The maximum atomic E-state index is 12.3. The fourth-order valence-corrected chi connectivity index (χ4v) is 2.42. The first-order valence-corrected chi connectivity index (χ1v) is 7.12. The minimum absolute atomic E-state index is 0.0509. The van der Waals surface area contributed by atoms with Crippen molar-refractivity contribution in [3.05, 3.63) is 0 Å². The Morgan fingerprint density at radius 3 is 2.37 bits per heavy atom. The van der Waals surface area contributed by atoms with Crippen molar-refractivity contribution < 1.29 is 4.79 Å². The highest BCUT2D eigenvalue weighted by molar-refractivity contribution is 5.78. The van der Waals surface area contributed by atoms with Crippen LogP contribution in [0.3, 0.4) is 0 Å². The van der Waals surface area contributed by atoms with Crippen LogP contribution >= 0.6 is 0 Å². The van der Waals surface area contributed by atoms with Crippen molar-refractivity contribution in [2.75, 3.05) is 13.6 Å². The molecule has 0 bridgehead atoms. The van der Waals surface area contributed by atoms with Crippen LogP contribution in [0.15, 0.2) is 0 Å². The third-order valence-electron chi connectivity index (χ3n) is 4.02. The zero-order valence-corrected chi connectivity index (χ0v) is 12.7. The Bertz CT molecular complexity index is 357. The molecule has 0 aliphatic heterocycles. The summed E-state index contributed by atoms with van der Waals surface area (Å²) in [6.45, 7) is 7.34. The standard InChI is InChI=1S/C15H27N3O/c1-14(2,3)9-10-18(4)13(19)12-5-7-15(17,11-16)8-6-12/h12H,5-10,17H2,1-4H3. The molecule has 1 aliphatic rings. The number of nitrogens with zero attached hydrogens (tertiary/aromatic N) is 2. The smallest absolute Gasteiger partial charge is 0.225 e. The summed E-state index contributed by atoms with van der Waals surface area (Å²) in [4.78, 5) is 14.2. The van der Waals surface area contributed by atoms with E-state index in [4.69, 9.17) is 11.0 Å². The molecule has 0 aromatic heterocycles. The molecule has 0 spiro atoms. The minimum Gasteiger partial charge on any atom is -0.346 e. The summed E-state index contributed by atoms with van der Waals surface area (Å²) in [6.07, 6.45) is 3.74. The third kappa shape index (κ3) is 4.83. The van der Waals surface area contributed by atoms with E-state index in [-0.39, 0.29) is 17.2 Å². The first-order chi connectivity index (χ1) is 8.67. The number of carbonyl (C=O) groups excluding carboxylic acids is 1. The van der Waals surface area contributed by atoms with Crippen molar-refractivity contribution >= 4 is 5.91 Å². The molecule has 0 unspecified atom stereocenters. The molecule has 1 aliphatic carbocycles. The highest BCUT2D eigenvalue weighted by atomic mass is 16.2. The molecule has 4 heteroatoms. The van der Waals surface area contributed by atoms with E-state index in [1.54, 1.807) is 0 Å². The average molecular weight is 265 g/mol. The lowest BCUT2D eigenvalue weighted by molar-refractivity contribution is -0.135. The topological polar surface area (TPSA) is 70.1 Å². The zero-order valence-electron chi connectivity index (χ0n) is 12.7. The summed E-state index contributed by atoms with van der Waals surface area (Å²) in [5, 5.41) is 8.99. The second-order valence-corrected chi connectivity index (χ2v) is 7.11. The van der Waals surface area contributed by atoms with Crippen LogP contribution in [0, 0.1) is 22.7 Å². The van der Waals surface area contributed by atoms with E-state index in [1.165, 1.54) is 0 Å². The number of rotatable bonds is 3. The minimum atomic E-state index is -0.708. The number of nitriles is 1. The van der Waals surface area contributed by atoms with Crippen LogP contribution in [0.25, 0.3) is 0 Å². The van der Waals surface area contributed by atoms with Crippen LogP contribution in [0.1, 0.15) is 52.9 Å². The van der Waals surface area contributed by atoms with Crippen molar-refractivity contribution in [1.29, 1.82) is 5.26 Å². The fraction of sp³-hybridized carbons (Fsp3) is 0.867. The SMILES string of the molecule is CN(CCC(C)(C)C)C(=O)C1CCC(N)(C#N)CC1. The van der Waals surface area contributed by atoms with E-state index in [0.717, 1.165) is 25.8 Å². The van der Waals surface area contributed by atoms with Gasteiger partial charge in [-0.05, 0) is 37.5 Å². The second kappa shape index (κ2) is 5.92. The van der Waals surface area contributed by atoms with Gasteiger partial charge in [-0.15, -0.1) is 0 Å². The zero-order chi connectivity index (χ0) is 14.7. The van der Waals surface area contributed by atoms with Gasteiger partial charge in [-0.2, -0.15) is 5.26 Å². The second-order valence-electron chi connectivity index (χ2n) is 7.11. The Morgan fingerprint density at radius 2 is 1.95 bits per heavy atom. The van der Waals surface area contributed by atoms with Crippen molar-refractivity contribution in [1.82, 2.24) is 4.90 Å². The molecule has 4 nitrogen and oxygen atoms in total. The monoisotopic (exact) mass is 265 g/mol. The summed E-state index contributed by atoms with van der Waals surface area (Å²) in [5.74, 6) is 0.263. The number of hydrogen-bond acceptors (Lipinski definition) is 3. The molecule has 0 radical (unpaired) electrons. The van der Waals surface area contributed by atoms with Gasteiger partial charge in [-0.25, -0.2) is 0 Å². The maximum absolute atomic E-state index is 12.3. The summed E-state index contributed by atoms with van der Waals surface area (Å²) >= 11 is 0. The summed E-state index contributed by atoms with van der Waals surface area (Å²) < 4.78 is 0. The van der Waals surface area contributed by atoms with Crippen LogP contribution in [0.4, 0.5) is 0 Å². The molecule has 1 fully saturated rings. The molecule has 1 amide bonds. The lowest BCUT2D eigenvalue weighted by atomic mass is 9.77. The highest BCUT2D eigenvalue weighted by Crippen LogP contribution is 2.31. The van der Waals surface area contributed by atoms with E-state index in [0.29, 0.717) is 12.8 Å². The number of amides is 1. The van der Waals surface area contributed by atoms with Crippen molar-refractivity contribution in [2.45, 2.75) is 58.4 Å². The molecule has 0 heterocycles. The molecule has 108 valence electrons. The van der Waals surface area contributed by atoms with Crippen LogP contribution in [-0.2, 0) is 4.79 Å². The van der Waals surface area contributed by atoms with E-state index < -0.39 is 5.54 Å². The molecule has 0 aromatic carbocycles. The summed E-state index contributed by atoms with van der Waals surface area (Å²) in [5.41, 5.74) is 5.46. The van der Waals surface area contributed by atoms with Crippen molar-refractivity contribution in [3.63, 3.8) is 0 Å². The van der Waals surface area contributed by atoms with Crippen LogP contribution in [-0.4, -0.2) is 29.9 Å². The van der Waals surface area contributed by atoms with Gasteiger partial charge in [-0.3, -0.25) is 4.79 Å². The quantitative estimate of drug-likeness (QED) is 0.851. The Balaban J connectivity index is 2.45. The molecule has 1 rings (SSSR count). The number of carbonyl (C=O) groups is 1. The molecule has 0 aromatic rings. The molecule has 2 N–H and O–H groups in total. The van der Waals surface area contributed by atoms with E-state index >= 15 is 0 Å². The third-order valence-corrected chi connectivity index (χ3v) is 4.02.